The summed E-state index contributed by atoms with van der Waals surface area (Å²) in [6.07, 6.45) is 54.3. The van der Waals surface area contributed by atoms with E-state index in [9.17, 15) is 43.2 Å². The topological polar surface area (TPSA) is 237 Å². The van der Waals surface area contributed by atoms with Gasteiger partial charge in [0, 0.05) is 25.7 Å². The van der Waals surface area contributed by atoms with Gasteiger partial charge in [0.25, 0.3) is 0 Å². The Morgan fingerprint density at radius 3 is 0.740 bits per heavy atom. The zero-order chi connectivity index (χ0) is 70.9. The Kier molecular flexibility index (Phi) is 66.2. The normalized spacial score (nSPS) is 14.9. The predicted molar refractivity (Wildman–Crippen MR) is 391 cm³/mol. The van der Waals surface area contributed by atoms with Crippen molar-refractivity contribution in [2.24, 2.45) is 17.8 Å². The van der Waals surface area contributed by atoms with Gasteiger partial charge in [0.2, 0.25) is 0 Å². The number of phosphoric acid groups is 2. The van der Waals surface area contributed by atoms with Gasteiger partial charge in [-0.05, 0) is 43.4 Å². The van der Waals surface area contributed by atoms with Crippen molar-refractivity contribution >= 4 is 39.5 Å². The fourth-order valence-corrected chi connectivity index (χ4v) is 13.3. The molecule has 0 spiro atoms. The second-order valence-electron chi connectivity index (χ2n) is 28.5. The van der Waals surface area contributed by atoms with Crippen molar-refractivity contribution in [2.45, 2.75) is 414 Å². The highest BCUT2D eigenvalue weighted by Crippen LogP contribution is 2.45. The smallest absolute Gasteiger partial charge is 0.462 e. The van der Waals surface area contributed by atoms with E-state index in [0.717, 1.165) is 114 Å². The Morgan fingerprint density at radius 1 is 0.292 bits per heavy atom. The highest BCUT2D eigenvalue weighted by molar-refractivity contribution is 7.47. The molecule has 570 valence electrons. The molecule has 0 amide bonds. The van der Waals surface area contributed by atoms with Crippen LogP contribution in [0.15, 0.2) is 0 Å². The summed E-state index contributed by atoms with van der Waals surface area (Å²) in [5, 5.41) is 10.6. The number of carbonyl (C=O) groups is 4. The molecule has 0 aromatic carbocycles. The number of hydrogen-bond donors (Lipinski definition) is 3. The summed E-state index contributed by atoms with van der Waals surface area (Å²) in [6.45, 7) is 11.9. The van der Waals surface area contributed by atoms with Gasteiger partial charge in [-0.3, -0.25) is 37.3 Å². The van der Waals surface area contributed by atoms with E-state index in [0.29, 0.717) is 25.7 Å². The van der Waals surface area contributed by atoms with E-state index < -0.39 is 97.5 Å². The van der Waals surface area contributed by atoms with Crippen LogP contribution in [0.4, 0.5) is 0 Å². The van der Waals surface area contributed by atoms with E-state index in [1.807, 2.05) is 0 Å². The first kappa shape index (κ1) is 94.1. The number of aliphatic hydroxyl groups is 1. The van der Waals surface area contributed by atoms with E-state index in [2.05, 4.69) is 48.5 Å². The van der Waals surface area contributed by atoms with E-state index in [1.165, 1.54) is 199 Å². The van der Waals surface area contributed by atoms with Crippen LogP contribution in [0.5, 0.6) is 0 Å². The zero-order valence-electron chi connectivity index (χ0n) is 62.8. The molecule has 8 atom stereocenters. The number of ether oxygens (including phenoxy) is 4. The molecule has 0 aliphatic rings. The third-order valence-electron chi connectivity index (χ3n) is 19.0. The maximum Gasteiger partial charge on any atom is 0.472 e. The van der Waals surface area contributed by atoms with Gasteiger partial charge < -0.3 is 33.8 Å². The average molecular weight is 1410 g/mol. The van der Waals surface area contributed by atoms with E-state index in [-0.39, 0.29) is 25.7 Å². The van der Waals surface area contributed by atoms with Crippen molar-refractivity contribution in [1.29, 1.82) is 0 Å². The molecule has 0 aliphatic carbocycles. The first-order valence-corrected chi connectivity index (χ1v) is 43.0. The number of aliphatic hydroxyl groups excluding tert-OH is 1. The minimum absolute atomic E-state index is 0.104. The standard InChI is InChI=1S/C77H150O17P2/c1-8-12-13-14-15-16-17-18-19-20-21-22-23-24-25-26-27-28-29-37-46-53-60-76(81)93-72(64-87-74(79)58-51-44-36-32-30-34-41-48-55-68(5)9-2)66-91-95(83,84)89-62-71(78)63-90-96(85,86)92-67-73(65-88-75(80)59-52-45-40-39-43-50-57-70(7)11-4)94-77(82)61-54-47-38-33-31-35-42-49-56-69(6)10-3/h68-73,78H,8-67H2,1-7H3,(H,83,84)(H,85,86)/t68?,69?,70?,71-,72-,73-/m1/s1. The Bertz CT molecular complexity index is 1880. The second-order valence-corrected chi connectivity index (χ2v) is 31.4. The first-order chi connectivity index (χ1) is 46.3. The van der Waals surface area contributed by atoms with Crippen LogP contribution in [0.1, 0.15) is 395 Å². The minimum Gasteiger partial charge on any atom is -0.462 e. The highest BCUT2D eigenvalue weighted by Gasteiger charge is 2.30. The lowest BCUT2D eigenvalue weighted by Crippen LogP contribution is -2.30. The summed E-state index contributed by atoms with van der Waals surface area (Å²) in [6, 6.07) is 0. The summed E-state index contributed by atoms with van der Waals surface area (Å²) in [5.74, 6) is 0.155. The number of hydrogen-bond acceptors (Lipinski definition) is 15. The van der Waals surface area contributed by atoms with Crippen LogP contribution in [-0.4, -0.2) is 96.7 Å². The van der Waals surface area contributed by atoms with Crippen LogP contribution < -0.4 is 0 Å². The fourth-order valence-electron chi connectivity index (χ4n) is 11.7. The molecule has 0 radical (unpaired) electrons. The van der Waals surface area contributed by atoms with Crippen LogP contribution in [0.25, 0.3) is 0 Å². The van der Waals surface area contributed by atoms with E-state index >= 15 is 0 Å². The minimum atomic E-state index is -4.96. The molecule has 0 aromatic rings. The fraction of sp³-hybridized carbons (Fsp3) is 0.948. The maximum absolute atomic E-state index is 13.1. The molecule has 0 aliphatic heterocycles. The second kappa shape index (κ2) is 67.5. The summed E-state index contributed by atoms with van der Waals surface area (Å²) in [7, 11) is -9.91. The van der Waals surface area contributed by atoms with Crippen molar-refractivity contribution in [3.63, 3.8) is 0 Å². The average Bonchev–Trinajstić information content (AvgIpc) is 1.50. The molecule has 17 nitrogen and oxygen atoms in total. The van der Waals surface area contributed by atoms with Gasteiger partial charge in [-0.25, -0.2) is 9.13 Å². The summed E-state index contributed by atoms with van der Waals surface area (Å²) in [5.41, 5.74) is 0. The van der Waals surface area contributed by atoms with Crippen molar-refractivity contribution in [1.82, 2.24) is 0 Å². The highest BCUT2D eigenvalue weighted by atomic mass is 31.2. The quantitative estimate of drug-likeness (QED) is 0.0222. The molecular formula is C77H150O17P2. The molecule has 0 saturated carbocycles. The third kappa shape index (κ3) is 66.6. The maximum atomic E-state index is 13.1. The lowest BCUT2D eigenvalue weighted by molar-refractivity contribution is -0.161. The molecule has 0 saturated heterocycles. The lowest BCUT2D eigenvalue weighted by Gasteiger charge is -2.21. The van der Waals surface area contributed by atoms with Crippen molar-refractivity contribution in [3.05, 3.63) is 0 Å². The predicted octanol–water partition coefficient (Wildman–Crippen LogP) is 22.6. The SMILES string of the molecule is CCCCCCCCCCCCCCCCCCCCCCCCC(=O)O[C@H](COC(=O)CCCCCCCCCCC(C)CC)COP(=O)(O)OC[C@@H](O)COP(=O)(O)OC[C@@H](COC(=O)CCCCCCCCC(C)CC)OC(=O)CCCCCCCCCCC(C)CC. The summed E-state index contributed by atoms with van der Waals surface area (Å²) in [4.78, 5) is 72.8. The molecule has 96 heavy (non-hydrogen) atoms. The Morgan fingerprint density at radius 2 is 0.500 bits per heavy atom. The molecular weight excluding hydrogens is 1260 g/mol. The van der Waals surface area contributed by atoms with Crippen molar-refractivity contribution in [3.8, 4) is 0 Å². The summed E-state index contributed by atoms with van der Waals surface area (Å²) >= 11 is 0. The number of carbonyl (C=O) groups excluding carboxylic acids is 4. The number of unbranched alkanes of at least 4 members (excludes halogenated alkanes) is 40. The van der Waals surface area contributed by atoms with Crippen molar-refractivity contribution < 1.29 is 80.2 Å². The number of esters is 4. The molecule has 0 bridgehead atoms. The van der Waals surface area contributed by atoms with Crippen LogP contribution in [0, 0.1) is 17.8 Å². The van der Waals surface area contributed by atoms with E-state index in [4.69, 9.17) is 37.0 Å². The van der Waals surface area contributed by atoms with Gasteiger partial charge in [-0.1, -0.05) is 344 Å². The molecule has 0 heterocycles. The molecule has 0 fully saturated rings. The largest absolute Gasteiger partial charge is 0.472 e. The monoisotopic (exact) mass is 1410 g/mol. The van der Waals surface area contributed by atoms with Gasteiger partial charge in [0.15, 0.2) is 12.2 Å². The molecule has 3 N–H and O–H groups in total. The zero-order valence-corrected chi connectivity index (χ0v) is 64.6. The lowest BCUT2D eigenvalue weighted by atomic mass is 9.99. The molecule has 0 aromatic heterocycles. The number of rotatable bonds is 75. The van der Waals surface area contributed by atoms with Crippen LogP contribution in [0.3, 0.4) is 0 Å². The number of phosphoric ester groups is 2. The van der Waals surface area contributed by atoms with Gasteiger partial charge in [0.1, 0.15) is 19.3 Å². The molecule has 0 rings (SSSR count). The van der Waals surface area contributed by atoms with Crippen LogP contribution >= 0.6 is 15.6 Å². The molecule has 19 heteroatoms. The Balaban J connectivity index is 5.19. The Labute approximate surface area is 588 Å². The first-order valence-electron chi connectivity index (χ1n) is 40.0. The van der Waals surface area contributed by atoms with Gasteiger partial charge in [-0.15, -0.1) is 0 Å². The summed E-state index contributed by atoms with van der Waals surface area (Å²) < 4.78 is 68.5. The van der Waals surface area contributed by atoms with E-state index in [1.54, 1.807) is 0 Å². The van der Waals surface area contributed by atoms with Gasteiger partial charge in [-0.2, -0.15) is 0 Å². The van der Waals surface area contributed by atoms with Crippen LogP contribution in [0.2, 0.25) is 0 Å². The van der Waals surface area contributed by atoms with Gasteiger partial charge in [0.05, 0.1) is 26.4 Å². The van der Waals surface area contributed by atoms with Crippen LogP contribution in [-0.2, 0) is 65.4 Å². The molecule has 5 unspecified atom stereocenters. The van der Waals surface area contributed by atoms with Gasteiger partial charge >= 0.3 is 39.5 Å². The van der Waals surface area contributed by atoms with Crippen molar-refractivity contribution in [2.75, 3.05) is 39.6 Å². The third-order valence-corrected chi connectivity index (χ3v) is 20.9. The Hall–Kier alpha value is -1.94.